The highest BCUT2D eigenvalue weighted by atomic mass is 79.9. The highest BCUT2D eigenvalue weighted by Gasteiger charge is 2.11. The van der Waals surface area contributed by atoms with Gasteiger partial charge in [-0.25, -0.2) is 0 Å². The molecule has 0 aromatic heterocycles. The number of nitrogens with one attached hydrogen (secondary N) is 2. The number of amides is 1. The van der Waals surface area contributed by atoms with Gasteiger partial charge in [0.15, 0.2) is 0 Å². The molecule has 0 saturated carbocycles. The molecule has 1 rings (SSSR count). The molecule has 0 bridgehead atoms. The molecule has 6 nitrogen and oxygen atoms in total. The zero-order chi connectivity index (χ0) is 14.4. The van der Waals surface area contributed by atoms with Gasteiger partial charge in [-0.3, -0.25) is 14.9 Å². The van der Waals surface area contributed by atoms with Crippen LogP contribution in [0.4, 0.5) is 11.4 Å². The SMILES string of the molecule is CCC(C)NCC(=O)Nc1ccc([N+](=O)[O-])cc1Br. The number of carbonyl (C=O) groups is 1. The average molecular weight is 330 g/mol. The maximum atomic E-state index is 11.7. The minimum absolute atomic E-state index is 0.0254. The smallest absolute Gasteiger partial charge is 0.270 e. The second kappa shape index (κ2) is 7.20. The summed E-state index contributed by atoms with van der Waals surface area (Å²) in [7, 11) is 0. The van der Waals surface area contributed by atoms with Crippen molar-refractivity contribution in [2.24, 2.45) is 0 Å². The third-order valence-corrected chi connectivity index (χ3v) is 3.32. The Bertz CT molecular complexity index is 479. The Labute approximate surface area is 119 Å². The Balaban J connectivity index is 2.62. The van der Waals surface area contributed by atoms with Crippen molar-refractivity contribution in [3.8, 4) is 0 Å². The molecule has 0 aliphatic rings. The number of carbonyl (C=O) groups excluding carboxylic acids is 1. The third kappa shape index (κ3) is 4.96. The predicted octanol–water partition coefficient (Wildman–Crippen LogP) is 2.68. The molecule has 0 spiro atoms. The number of non-ortho nitro benzene ring substituents is 1. The fourth-order valence-corrected chi connectivity index (χ4v) is 1.79. The maximum Gasteiger partial charge on any atom is 0.270 e. The van der Waals surface area contributed by atoms with Gasteiger partial charge in [-0.2, -0.15) is 0 Å². The number of benzene rings is 1. The van der Waals surface area contributed by atoms with E-state index in [0.717, 1.165) is 6.42 Å². The summed E-state index contributed by atoms with van der Waals surface area (Å²) in [6.07, 6.45) is 0.939. The van der Waals surface area contributed by atoms with E-state index in [1.807, 2.05) is 13.8 Å². The van der Waals surface area contributed by atoms with Crippen molar-refractivity contribution in [1.29, 1.82) is 0 Å². The van der Waals surface area contributed by atoms with Crippen LogP contribution in [0.15, 0.2) is 22.7 Å². The summed E-state index contributed by atoms with van der Waals surface area (Å²) in [5.41, 5.74) is 0.490. The predicted molar refractivity (Wildman–Crippen MR) is 77.2 cm³/mol. The normalized spacial score (nSPS) is 11.9. The van der Waals surface area contributed by atoms with E-state index >= 15 is 0 Å². The van der Waals surface area contributed by atoms with Gasteiger partial charge in [0, 0.05) is 22.6 Å². The quantitative estimate of drug-likeness (QED) is 0.620. The lowest BCUT2D eigenvalue weighted by atomic mass is 10.2. The topological polar surface area (TPSA) is 84.3 Å². The summed E-state index contributed by atoms with van der Waals surface area (Å²) < 4.78 is 0.485. The number of hydrogen-bond acceptors (Lipinski definition) is 4. The Hall–Kier alpha value is -1.47. The number of nitro benzene ring substituents is 1. The number of anilines is 1. The van der Waals surface area contributed by atoms with E-state index in [4.69, 9.17) is 0 Å². The molecule has 0 fully saturated rings. The van der Waals surface area contributed by atoms with Gasteiger partial charge in [0.1, 0.15) is 0 Å². The van der Waals surface area contributed by atoms with Crippen LogP contribution in [-0.4, -0.2) is 23.4 Å². The van der Waals surface area contributed by atoms with Crippen LogP contribution in [0.1, 0.15) is 20.3 Å². The fourth-order valence-electron chi connectivity index (χ4n) is 1.32. The highest BCUT2D eigenvalue weighted by Crippen LogP contribution is 2.26. The van der Waals surface area contributed by atoms with Gasteiger partial charge in [-0.15, -0.1) is 0 Å². The van der Waals surface area contributed by atoms with Crippen molar-refractivity contribution < 1.29 is 9.72 Å². The lowest BCUT2D eigenvalue weighted by Gasteiger charge is -2.12. The van der Waals surface area contributed by atoms with Crippen LogP contribution in [0.25, 0.3) is 0 Å². The van der Waals surface area contributed by atoms with Gasteiger partial charge in [0.2, 0.25) is 5.91 Å². The lowest BCUT2D eigenvalue weighted by Crippen LogP contribution is -2.34. The molecule has 0 heterocycles. The molecule has 19 heavy (non-hydrogen) atoms. The van der Waals surface area contributed by atoms with Gasteiger partial charge >= 0.3 is 0 Å². The zero-order valence-electron chi connectivity index (χ0n) is 10.8. The Morgan fingerprint density at radius 2 is 2.21 bits per heavy atom. The summed E-state index contributed by atoms with van der Waals surface area (Å²) in [5.74, 6) is -0.185. The first-order chi connectivity index (χ1) is 8.93. The average Bonchev–Trinajstić information content (AvgIpc) is 2.38. The molecule has 1 unspecified atom stereocenters. The van der Waals surface area contributed by atoms with Crippen LogP contribution in [0.5, 0.6) is 0 Å². The number of rotatable bonds is 6. The Kier molecular flexibility index (Phi) is 5.91. The molecule has 0 aliphatic carbocycles. The summed E-state index contributed by atoms with van der Waals surface area (Å²) in [6, 6.07) is 4.48. The molecular weight excluding hydrogens is 314 g/mol. The maximum absolute atomic E-state index is 11.7. The monoisotopic (exact) mass is 329 g/mol. The van der Waals surface area contributed by atoms with Crippen LogP contribution in [-0.2, 0) is 4.79 Å². The molecular formula is C12H16BrN3O3. The number of nitro groups is 1. The molecule has 2 N–H and O–H groups in total. The molecule has 1 aromatic carbocycles. The van der Waals surface area contributed by atoms with Crippen LogP contribution >= 0.6 is 15.9 Å². The molecule has 1 amide bonds. The zero-order valence-corrected chi connectivity index (χ0v) is 12.4. The van der Waals surface area contributed by atoms with E-state index in [1.54, 1.807) is 0 Å². The minimum Gasteiger partial charge on any atom is -0.324 e. The van der Waals surface area contributed by atoms with Crippen molar-refractivity contribution in [2.45, 2.75) is 26.3 Å². The van der Waals surface area contributed by atoms with E-state index in [-0.39, 0.29) is 24.2 Å². The number of halogens is 1. The standard InChI is InChI=1S/C12H16BrN3O3/c1-3-8(2)14-7-12(17)15-11-5-4-9(16(18)19)6-10(11)13/h4-6,8,14H,3,7H2,1-2H3,(H,15,17). The van der Waals surface area contributed by atoms with Gasteiger partial charge < -0.3 is 10.6 Å². The summed E-state index contributed by atoms with van der Waals surface area (Å²) >= 11 is 3.20. The second-order valence-electron chi connectivity index (χ2n) is 4.16. The Morgan fingerprint density at radius 3 is 2.74 bits per heavy atom. The van der Waals surface area contributed by atoms with Crippen molar-refractivity contribution >= 4 is 33.2 Å². The van der Waals surface area contributed by atoms with Crippen molar-refractivity contribution in [1.82, 2.24) is 5.32 Å². The third-order valence-electron chi connectivity index (χ3n) is 2.66. The van der Waals surface area contributed by atoms with Crippen molar-refractivity contribution in [3.05, 3.63) is 32.8 Å². The van der Waals surface area contributed by atoms with E-state index < -0.39 is 4.92 Å². The van der Waals surface area contributed by atoms with Gasteiger partial charge in [-0.1, -0.05) is 6.92 Å². The van der Waals surface area contributed by atoms with Crippen LogP contribution in [0.2, 0.25) is 0 Å². The first-order valence-electron chi connectivity index (χ1n) is 5.91. The lowest BCUT2D eigenvalue weighted by molar-refractivity contribution is -0.384. The number of hydrogen-bond donors (Lipinski definition) is 2. The molecule has 0 radical (unpaired) electrons. The fraction of sp³-hybridized carbons (Fsp3) is 0.417. The number of nitrogens with zero attached hydrogens (tertiary/aromatic N) is 1. The van der Waals surface area contributed by atoms with Gasteiger partial charge in [-0.05, 0) is 35.3 Å². The summed E-state index contributed by atoms with van der Waals surface area (Å²) in [6.45, 7) is 4.23. The molecule has 1 atom stereocenters. The van der Waals surface area contributed by atoms with E-state index in [9.17, 15) is 14.9 Å². The van der Waals surface area contributed by atoms with Crippen LogP contribution in [0, 0.1) is 10.1 Å². The van der Waals surface area contributed by atoms with E-state index in [0.29, 0.717) is 10.2 Å². The first-order valence-corrected chi connectivity index (χ1v) is 6.70. The van der Waals surface area contributed by atoms with Crippen molar-refractivity contribution in [3.63, 3.8) is 0 Å². The highest BCUT2D eigenvalue weighted by molar-refractivity contribution is 9.10. The molecule has 1 aromatic rings. The largest absolute Gasteiger partial charge is 0.324 e. The molecule has 0 aliphatic heterocycles. The van der Waals surface area contributed by atoms with Crippen LogP contribution in [0.3, 0.4) is 0 Å². The Morgan fingerprint density at radius 1 is 1.53 bits per heavy atom. The van der Waals surface area contributed by atoms with E-state index in [2.05, 4.69) is 26.6 Å². The van der Waals surface area contributed by atoms with E-state index in [1.165, 1.54) is 18.2 Å². The summed E-state index contributed by atoms with van der Waals surface area (Å²) in [4.78, 5) is 21.8. The first kappa shape index (κ1) is 15.6. The molecule has 104 valence electrons. The van der Waals surface area contributed by atoms with Crippen LogP contribution < -0.4 is 10.6 Å². The second-order valence-corrected chi connectivity index (χ2v) is 5.01. The summed E-state index contributed by atoms with van der Waals surface area (Å²) in [5, 5.41) is 16.3. The molecule has 7 heteroatoms. The van der Waals surface area contributed by atoms with Crippen molar-refractivity contribution in [2.75, 3.05) is 11.9 Å². The van der Waals surface area contributed by atoms with Gasteiger partial charge in [0.05, 0.1) is 17.2 Å². The molecule has 0 saturated heterocycles. The van der Waals surface area contributed by atoms with Gasteiger partial charge in [0.25, 0.3) is 5.69 Å². The minimum atomic E-state index is -0.485.